The Hall–Kier alpha value is -3.10. The van der Waals surface area contributed by atoms with Gasteiger partial charge in [0, 0.05) is 12.2 Å². The molecule has 1 aromatic carbocycles. The number of benzene rings is 1. The first-order chi connectivity index (χ1) is 13.2. The highest BCUT2D eigenvalue weighted by Crippen LogP contribution is 2.36. The van der Waals surface area contributed by atoms with Gasteiger partial charge in [0.25, 0.3) is 0 Å². The molecule has 5 nitrogen and oxygen atoms in total. The smallest absolute Gasteiger partial charge is 0.226 e. The maximum atomic E-state index is 6.28. The van der Waals surface area contributed by atoms with Gasteiger partial charge < -0.3 is 4.90 Å². The first kappa shape index (κ1) is 17.3. The third-order valence-corrected chi connectivity index (χ3v) is 4.62. The molecule has 134 valence electrons. The summed E-state index contributed by atoms with van der Waals surface area (Å²) in [4.78, 5) is 15.7. The molecule has 1 aliphatic heterocycles. The molecule has 2 aromatic heterocycles. The first-order valence-corrected chi connectivity index (χ1v) is 9.13. The predicted molar refractivity (Wildman–Crippen MR) is 110 cm³/mol. The molecule has 3 aromatic rings. The van der Waals surface area contributed by atoms with Crippen LogP contribution in [0.4, 0.5) is 11.5 Å². The van der Waals surface area contributed by atoms with Crippen molar-refractivity contribution in [3.8, 4) is 11.8 Å². The largest absolute Gasteiger partial charge is 0.324 e. The van der Waals surface area contributed by atoms with E-state index in [0.29, 0.717) is 11.2 Å². The first-order valence-electron chi connectivity index (χ1n) is 8.75. The van der Waals surface area contributed by atoms with Crippen molar-refractivity contribution >= 4 is 40.0 Å². The molecule has 27 heavy (non-hydrogen) atoms. The molecule has 0 bridgehead atoms. The quantitative estimate of drug-likeness (QED) is 0.381. The number of anilines is 2. The Kier molecular flexibility index (Phi) is 4.66. The van der Waals surface area contributed by atoms with Gasteiger partial charge in [0.15, 0.2) is 17.0 Å². The van der Waals surface area contributed by atoms with Gasteiger partial charge in [-0.3, -0.25) is 4.57 Å². The monoisotopic (exact) mass is 375 g/mol. The number of aromatic nitrogens is 4. The summed E-state index contributed by atoms with van der Waals surface area (Å²) >= 11 is 6.28. The van der Waals surface area contributed by atoms with Crippen LogP contribution < -0.4 is 4.90 Å². The van der Waals surface area contributed by atoms with Crippen molar-refractivity contribution in [1.82, 2.24) is 19.5 Å². The van der Waals surface area contributed by atoms with Gasteiger partial charge in [-0.15, -0.1) is 0 Å². The third kappa shape index (κ3) is 3.09. The molecule has 0 aliphatic carbocycles. The summed E-state index contributed by atoms with van der Waals surface area (Å²) in [7, 11) is 0. The van der Waals surface area contributed by atoms with Crippen molar-refractivity contribution in [1.29, 1.82) is 0 Å². The molecule has 0 fully saturated rings. The van der Waals surface area contributed by atoms with Gasteiger partial charge in [-0.25, -0.2) is 4.98 Å². The second-order valence-electron chi connectivity index (χ2n) is 6.09. The maximum Gasteiger partial charge on any atom is 0.226 e. The average Bonchev–Trinajstić information content (AvgIpc) is 3.29. The Morgan fingerprint density at radius 3 is 2.93 bits per heavy atom. The number of nitrogens with zero attached hydrogens (tertiary/aromatic N) is 5. The van der Waals surface area contributed by atoms with E-state index >= 15 is 0 Å². The summed E-state index contributed by atoms with van der Waals surface area (Å²) in [5.41, 5.74) is 4.57. The summed E-state index contributed by atoms with van der Waals surface area (Å²) in [5, 5.41) is 0.193. The van der Waals surface area contributed by atoms with Crippen LogP contribution in [0, 0.1) is 11.8 Å². The predicted octanol–water partition coefficient (Wildman–Crippen LogP) is 4.61. The van der Waals surface area contributed by atoms with Gasteiger partial charge in [-0.1, -0.05) is 36.3 Å². The van der Waals surface area contributed by atoms with Crippen LogP contribution in [-0.2, 0) is 6.42 Å². The molecular formula is C21H18ClN5. The van der Waals surface area contributed by atoms with Crippen LogP contribution in [0.15, 0.2) is 48.8 Å². The van der Waals surface area contributed by atoms with Crippen molar-refractivity contribution < 1.29 is 0 Å². The molecule has 0 saturated heterocycles. The van der Waals surface area contributed by atoms with Crippen LogP contribution in [0.5, 0.6) is 0 Å². The Morgan fingerprint density at radius 1 is 1.26 bits per heavy atom. The van der Waals surface area contributed by atoms with Crippen LogP contribution in [0.25, 0.3) is 16.9 Å². The molecule has 0 atom stereocenters. The zero-order chi connectivity index (χ0) is 18.8. The lowest BCUT2D eigenvalue weighted by Crippen LogP contribution is -2.16. The fourth-order valence-corrected chi connectivity index (χ4v) is 3.44. The highest BCUT2D eigenvalue weighted by molar-refractivity contribution is 6.28. The van der Waals surface area contributed by atoms with Crippen molar-refractivity contribution in [2.24, 2.45) is 0 Å². The van der Waals surface area contributed by atoms with E-state index in [1.807, 2.05) is 35.8 Å². The Balaban J connectivity index is 1.90. The molecule has 1 aliphatic rings. The summed E-state index contributed by atoms with van der Waals surface area (Å²) in [5.74, 6) is 6.77. The van der Waals surface area contributed by atoms with Crippen molar-refractivity contribution in [2.45, 2.75) is 20.3 Å². The summed E-state index contributed by atoms with van der Waals surface area (Å²) in [6, 6.07) is 8.33. The lowest BCUT2D eigenvalue weighted by Gasteiger charge is -2.18. The van der Waals surface area contributed by atoms with Crippen LogP contribution in [-0.4, -0.2) is 26.1 Å². The second kappa shape index (κ2) is 7.26. The Morgan fingerprint density at radius 2 is 2.11 bits per heavy atom. The Labute approximate surface area is 163 Å². The minimum Gasteiger partial charge on any atom is -0.324 e. The zero-order valence-electron chi connectivity index (χ0n) is 15.1. The van der Waals surface area contributed by atoms with E-state index in [4.69, 9.17) is 11.6 Å². The molecule has 0 spiro atoms. The molecule has 0 N–H and O–H groups in total. The molecule has 6 heteroatoms. The van der Waals surface area contributed by atoms with E-state index in [1.165, 1.54) is 5.56 Å². The highest BCUT2D eigenvalue weighted by Gasteiger charge is 2.25. The minimum atomic E-state index is 0.193. The van der Waals surface area contributed by atoms with Gasteiger partial charge in [-0.2, -0.15) is 9.97 Å². The van der Waals surface area contributed by atoms with E-state index < -0.39 is 0 Å². The van der Waals surface area contributed by atoms with Gasteiger partial charge in [-0.05, 0) is 55.5 Å². The fraction of sp³-hybridized carbons (Fsp3) is 0.190. The van der Waals surface area contributed by atoms with Crippen LogP contribution in [0.1, 0.15) is 19.4 Å². The van der Waals surface area contributed by atoms with Gasteiger partial charge in [0.05, 0.1) is 5.70 Å². The van der Waals surface area contributed by atoms with E-state index in [2.05, 4.69) is 49.9 Å². The Bertz CT molecular complexity index is 1130. The SMILES string of the molecule is CC#C/C(=C\C=C/C)n1cnc2c(N3CCc4ccccc43)nc(Cl)nc21. The van der Waals surface area contributed by atoms with E-state index in [-0.39, 0.29) is 5.28 Å². The van der Waals surface area contributed by atoms with E-state index in [0.717, 1.165) is 30.2 Å². The topological polar surface area (TPSA) is 46.8 Å². The van der Waals surface area contributed by atoms with Crippen molar-refractivity contribution in [2.75, 3.05) is 11.4 Å². The van der Waals surface area contributed by atoms with Crippen LogP contribution >= 0.6 is 11.6 Å². The van der Waals surface area contributed by atoms with E-state index in [9.17, 15) is 0 Å². The summed E-state index contributed by atoms with van der Waals surface area (Å²) in [6.45, 7) is 4.60. The van der Waals surface area contributed by atoms with Crippen LogP contribution in [0.2, 0.25) is 5.28 Å². The van der Waals surface area contributed by atoms with Crippen molar-refractivity contribution in [3.63, 3.8) is 0 Å². The molecule has 0 radical (unpaired) electrons. The number of para-hydroxylation sites is 1. The number of imidazole rings is 1. The molecule has 3 heterocycles. The lowest BCUT2D eigenvalue weighted by atomic mass is 10.2. The summed E-state index contributed by atoms with van der Waals surface area (Å²) in [6.07, 6.45) is 8.50. The molecular weight excluding hydrogens is 358 g/mol. The highest BCUT2D eigenvalue weighted by atomic mass is 35.5. The molecule has 0 saturated carbocycles. The molecule has 0 unspecified atom stereocenters. The molecule has 0 amide bonds. The number of allylic oxidation sites excluding steroid dienone is 4. The van der Waals surface area contributed by atoms with E-state index in [1.54, 1.807) is 13.3 Å². The fourth-order valence-electron chi connectivity index (χ4n) is 3.28. The number of halogens is 1. The number of hydrogen-bond donors (Lipinski definition) is 0. The number of hydrogen-bond acceptors (Lipinski definition) is 4. The van der Waals surface area contributed by atoms with Crippen LogP contribution in [0.3, 0.4) is 0 Å². The minimum absolute atomic E-state index is 0.193. The maximum absolute atomic E-state index is 6.28. The normalized spacial score (nSPS) is 13.9. The van der Waals surface area contributed by atoms with Crippen molar-refractivity contribution in [3.05, 3.63) is 59.7 Å². The molecule has 4 rings (SSSR count). The van der Waals surface area contributed by atoms with Gasteiger partial charge in [0.2, 0.25) is 5.28 Å². The second-order valence-corrected chi connectivity index (χ2v) is 6.42. The van der Waals surface area contributed by atoms with Gasteiger partial charge >= 0.3 is 0 Å². The average molecular weight is 376 g/mol. The summed E-state index contributed by atoms with van der Waals surface area (Å²) < 4.78 is 1.85. The third-order valence-electron chi connectivity index (χ3n) is 4.45. The number of rotatable bonds is 3. The van der Waals surface area contributed by atoms with Gasteiger partial charge in [0.1, 0.15) is 6.33 Å². The standard InChI is InChI=1S/C21H18ClN5/c1-3-5-10-16(8-4-2)27-14-23-18-19(24-21(22)25-20(18)27)26-13-12-15-9-6-7-11-17(15)26/h3,5-7,9-11,14H,12-13H2,1-2H3/b5-3-,16-10+. The number of fused-ring (bicyclic) bond motifs is 2. The lowest BCUT2D eigenvalue weighted by molar-refractivity contribution is 0.971. The zero-order valence-corrected chi connectivity index (χ0v) is 15.9.